The van der Waals surface area contributed by atoms with E-state index < -0.39 is 0 Å². The van der Waals surface area contributed by atoms with E-state index in [1.807, 2.05) is 4.90 Å². The zero-order chi connectivity index (χ0) is 17.0. The molecule has 1 saturated carbocycles. The van der Waals surface area contributed by atoms with Crippen molar-refractivity contribution in [1.29, 1.82) is 0 Å². The number of hydrogen-bond acceptors (Lipinski definition) is 4. The van der Waals surface area contributed by atoms with Crippen molar-refractivity contribution in [3.8, 4) is 11.3 Å². The summed E-state index contributed by atoms with van der Waals surface area (Å²) in [5.41, 5.74) is 5.05. The van der Waals surface area contributed by atoms with E-state index in [0.29, 0.717) is 18.2 Å². The number of nitrogens with zero attached hydrogens (tertiary/aromatic N) is 4. The lowest BCUT2D eigenvalue weighted by Crippen LogP contribution is -2.30. The molecular weight excluding hydrogens is 332 g/mol. The summed E-state index contributed by atoms with van der Waals surface area (Å²) >= 11 is 1.77. The SMILES string of the molecule is Cn1nccc1C(=O)N1CCc2cc(-c3csc(C4CC4)n3)ccc21. The van der Waals surface area contributed by atoms with Gasteiger partial charge in [-0.05, 0) is 43.0 Å². The van der Waals surface area contributed by atoms with Crippen LogP contribution in [0.1, 0.15) is 39.8 Å². The highest BCUT2D eigenvalue weighted by Crippen LogP contribution is 2.43. The van der Waals surface area contributed by atoms with Crippen molar-refractivity contribution in [2.75, 3.05) is 11.4 Å². The number of carbonyl (C=O) groups excluding carboxylic acids is 1. The largest absolute Gasteiger partial charge is 0.306 e. The first-order valence-electron chi connectivity index (χ1n) is 8.59. The average molecular weight is 350 g/mol. The molecule has 5 nitrogen and oxygen atoms in total. The predicted molar refractivity (Wildman–Crippen MR) is 98.1 cm³/mol. The fraction of sp³-hybridized carbons (Fsp3) is 0.316. The molecular formula is C19H18N4OS. The van der Waals surface area contributed by atoms with Crippen LogP contribution in [0.4, 0.5) is 5.69 Å². The molecule has 6 heteroatoms. The van der Waals surface area contributed by atoms with E-state index >= 15 is 0 Å². The Hall–Kier alpha value is -2.47. The number of benzene rings is 1. The minimum absolute atomic E-state index is 0.0103. The molecule has 2 aliphatic rings. The maximum absolute atomic E-state index is 12.8. The van der Waals surface area contributed by atoms with Gasteiger partial charge in [-0.1, -0.05) is 6.07 Å². The van der Waals surface area contributed by atoms with Crippen molar-refractivity contribution in [1.82, 2.24) is 14.8 Å². The summed E-state index contributed by atoms with van der Waals surface area (Å²) in [6, 6.07) is 8.10. The molecule has 0 saturated heterocycles. The molecule has 2 aromatic heterocycles. The monoisotopic (exact) mass is 350 g/mol. The minimum atomic E-state index is 0.0103. The molecule has 0 radical (unpaired) electrons. The van der Waals surface area contributed by atoms with Gasteiger partial charge in [0.15, 0.2) is 0 Å². The molecule has 1 amide bonds. The second-order valence-electron chi connectivity index (χ2n) is 6.74. The van der Waals surface area contributed by atoms with Gasteiger partial charge in [0.1, 0.15) is 5.69 Å². The fourth-order valence-electron chi connectivity index (χ4n) is 3.43. The maximum Gasteiger partial charge on any atom is 0.276 e. The van der Waals surface area contributed by atoms with Crippen LogP contribution in [0.5, 0.6) is 0 Å². The van der Waals surface area contributed by atoms with Crippen LogP contribution in [0.25, 0.3) is 11.3 Å². The first kappa shape index (κ1) is 14.8. The Labute approximate surface area is 149 Å². The Kier molecular flexibility index (Phi) is 3.28. The number of carbonyl (C=O) groups is 1. The molecule has 1 fully saturated rings. The van der Waals surface area contributed by atoms with Gasteiger partial charge in [0, 0.05) is 42.3 Å². The summed E-state index contributed by atoms with van der Waals surface area (Å²) in [4.78, 5) is 19.4. The van der Waals surface area contributed by atoms with Crippen molar-refractivity contribution >= 4 is 22.9 Å². The van der Waals surface area contributed by atoms with E-state index in [9.17, 15) is 4.79 Å². The van der Waals surface area contributed by atoms with Gasteiger partial charge in [0.2, 0.25) is 0 Å². The molecule has 3 aromatic rings. The summed E-state index contributed by atoms with van der Waals surface area (Å²) in [7, 11) is 1.80. The van der Waals surface area contributed by atoms with Crippen LogP contribution in [-0.2, 0) is 13.5 Å². The van der Waals surface area contributed by atoms with Gasteiger partial charge < -0.3 is 4.90 Å². The molecule has 0 unspecified atom stereocenters. The topological polar surface area (TPSA) is 51.0 Å². The van der Waals surface area contributed by atoms with Crippen molar-refractivity contribution in [2.24, 2.45) is 7.05 Å². The first-order valence-corrected chi connectivity index (χ1v) is 9.47. The zero-order valence-electron chi connectivity index (χ0n) is 14.0. The fourth-order valence-corrected chi connectivity index (χ4v) is 4.43. The lowest BCUT2D eigenvalue weighted by molar-refractivity contribution is 0.0980. The Morgan fingerprint density at radius 2 is 2.16 bits per heavy atom. The first-order chi connectivity index (χ1) is 12.2. The molecule has 25 heavy (non-hydrogen) atoms. The molecule has 5 rings (SSSR count). The third-order valence-electron chi connectivity index (χ3n) is 5.00. The molecule has 0 spiro atoms. The Bertz CT molecular complexity index is 969. The number of aromatic nitrogens is 3. The van der Waals surface area contributed by atoms with E-state index in [1.165, 1.54) is 23.4 Å². The molecule has 0 atom stereocenters. The van der Waals surface area contributed by atoms with Gasteiger partial charge in [0.05, 0.1) is 10.7 Å². The van der Waals surface area contributed by atoms with Crippen molar-refractivity contribution < 1.29 is 4.79 Å². The summed E-state index contributed by atoms with van der Waals surface area (Å²) in [6.07, 6.45) is 5.10. The van der Waals surface area contributed by atoms with E-state index in [2.05, 4.69) is 28.7 Å². The number of rotatable bonds is 3. The van der Waals surface area contributed by atoms with Crippen LogP contribution >= 0.6 is 11.3 Å². The highest BCUT2D eigenvalue weighted by atomic mass is 32.1. The zero-order valence-corrected chi connectivity index (χ0v) is 14.8. The molecule has 0 N–H and O–H groups in total. The second-order valence-corrected chi connectivity index (χ2v) is 7.63. The Balaban J connectivity index is 1.45. The normalized spacial score (nSPS) is 16.3. The molecule has 1 aliphatic carbocycles. The smallest absolute Gasteiger partial charge is 0.276 e. The van der Waals surface area contributed by atoms with Crippen LogP contribution < -0.4 is 4.90 Å². The van der Waals surface area contributed by atoms with Crippen molar-refractivity contribution in [3.63, 3.8) is 0 Å². The number of anilines is 1. The van der Waals surface area contributed by atoms with Crippen LogP contribution in [0.2, 0.25) is 0 Å². The van der Waals surface area contributed by atoms with E-state index in [1.54, 1.807) is 35.3 Å². The van der Waals surface area contributed by atoms with Crippen LogP contribution in [0.15, 0.2) is 35.8 Å². The lowest BCUT2D eigenvalue weighted by atomic mass is 10.1. The Morgan fingerprint density at radius 1 is 1.28 bits per heavy atom. The molecule has 1 aromatic carbocycles. The summed E-state index contributed by atoms with van der Waals surface area (Å²) < 4.78 is 1.63. The standard InChI is InChI=1S/C19H18N4OS/c1-22-17(6-8-20-22)19(24)23-9-7-14-10-13(4-5-16(14)23)15-11-25-18(21-15)12-2-3-12/h4-6,8,10-12H,2-3,7,9H2,1H3. The van der Waals surface area contributed by atoms with E-state index in [4.69, 9.17) is 4.98 Å². The number of hydrogen-bond donors (Lipinski definition) is 0. The number of fused-ring (bicyclic) bond motifs is 1. The van der Waals surface area contributed by atoms with Gasteiger partial charge >= 0.3 is 0 Å². The third kappa shape index (κ3) is 2.48. The molecule has 3 heterocycles. The average Bonchev–Trinajstić information content (AvgIpc) is 3.04. The van der Waals surface area contributed by atoms with Gasteiger partial charge in [-0.15, -0.1) is 11.3 Å². The summed E-state index contributed by atoms with van der Waals surface area (Å²) in [6.45, 7) is 0.715. The number of aryl methyl sites for hydroxylation is 1. The second kappa shape index (κ2) is 5.52. The third-order valence-corrected chi connectivity index (χ3v) is 6.01. The molecule has 126 valence electrons. The van der Waals surface area contributed by atoms with E-state index in [0.717, 1.165) is 23.4 Å². The van der Waals surface area contributed by atoms with Crippen LogP contribution in [0, 0.1) is 0 Å². The number of amides is 1. The van der Waals surface area contributed by atoms with Crippen molar-refractivity contribution in [2.45, 2.75) is 25.2 Å². The summed E-state index contributed by atoms with van der Waals surface area (Å²) in [5, 5.41) is 7.53. The van der Waals surface area contributed by atoms with Gasteiger partial charge in [-0.2, -0.15) is 5.10 Å². The maximum atomic E-state index is 12.8. The van der Waals surface area contributed by atoms with Gasteiger partial charge in [0.25, 0.3) is 5.91 Å². The highest BCUT2D eigenvalue weighted by molar-refractivity contribution is 7.10. The van der Waals surface area contributed by atoms with Crippen LogP contribution in [0.3, 0.4) is 0 Å². The summed E-state index contributed by atoms with van der Waals surface area (Å²) in [5.74, 6) is 0.705. The quantitative estimate of drug-likeness (QED) is 0.725. The minimum Gasteiger partial charge on any atom is -0.306 e. The van der Waals surface area contributed by atoms with E-state index in [-0.39, 0.29) is 5.91 Å². The Morgan fingerprint density at radius 3 is 2.92 bits per heavy atom. The van der Waals surface area contributed by atoms with Gasteiger partial charge in [-0.25, -0.2) is 4.98 Å². The van der Waals surface area contributed by atoms with Crippen molar-refractivity contribution in [3.05, 3.63) is 52.1 Å². The predicted octanol–water partition coefficient (Wildman–Crippen LogP) is 3.62. The van der Waals surface area contributed by atoms with Crippen LogP contribution in [-0.4, -0.2) is 27.2 Å². The molecule has 1 aliphatic heterocycles. The highest BCUT2D eigenvalue weighted by Gasteiger charge is 2.29. The lowest BCUT2D eigenvalue weighted by Gasteiger charge is -2.17. The van der Waals surface area contributed by atoms with Gasteiger partial charge in [-0.3, -0.25) is 9.48 Å². The number of thiazole rings is 1. The molecule has 0 bridgehead atoms.